The maximum absolute atomic E-state index is 9.45. The molecule has 0 aromatic carbocycles. The van der Waals surface area contributed by atoms with Gasteiger partial charge in [-0.3, -0.25) is 4.90 Å². The van der Waals surface area contributed by atoms with E-state index in [0.717, 1.165) is 32.6 Å². The highest BCUT2D eigenvalue weighted by Crippen LogP contribution is 2.23. The topological polar surface area (TPSA) is 26.7 Å². The second-order valence-electron chi connectivity index (χ2n) is 5.60. The lowest BCUT2D eigenvalue weighted by molar-refractivity contribution is 0.0358. The van der Waals surface area contributed by atoms with Gasteiger partial charge in [-0.15, -0.1) is 0 Å². The van der Waals surface area contributed by atoms with Crippen LogP contribution in [0.25, 0.3) is 0 Å². The number of hydrogen-bond acceptors (Lipinski definition) is 3. The van der Waals surface area contributed by atoms with Gasteiger partial charge in [0.15, 0.2) is 0 Å². The zero-order valence-corrected chi connectivity index (χ0v) is 11.4. The number of rotatable bonds is 5. The lowest BCUT2D eigenvalue weighted by Crippen LogP contribution is -2.53. The van der Waals surface area contributed by atoms with E-state index in [9.17, 15) is 5.11 Å². The summed E-state index contributed by atoms with van der Waals surface area (Å²) < 4.78 is 0. The quantitative estimate of drug-likeness (QED) is 0.771. The van der Waals surface area contributed by atoms with Crippen molar-refractivity contribution in [3.63, 3.8) is 0 Å². The Morgan fingerprint density at radius 2 is 2.00 bits per heavy atom. The van der Waals surface area contributed by atoms with E-state index < -0.39 is 0 Å². The SMILES string of the molecule is CCC1CN(CC(C)(CC)CO)CCN1C. The van der Waals surface area contributed by atoms with Gasteiger partial charge < -0.3 is 10.0 Å². The monoisotopic (exact) mass is 228 g/mol. The third-order valence-corrected chi connectivity index (χ3v) is 4.17. The summed E-state index contributed by atoms with van der Waals surface area (Å²) in [6.07, 6.45) is 2.27. The van der Waals surface area contributed by atoms with Crippen molar-refractivity contribution in [3.05, 3.63) is 0 Å². The van der Waals surface area contributed by atoms with Crippen LogP contribution in [0.1, 0.15) is 33.6 Å². The molecule has 1 saturated heterocycles. The molecule has 0 saturated carbocycles. The summed E-state index contributed by atoms with van der Waals surface area (Å²) in [5.74, 6) is 0. The summed E-state index contributed by atoms with van der Waals surface area (Å²) >= 11 is 0. The molecule has 1 heterocycles. The van der Waals surface area contributed by atoms with Crippen LogP contribution in [0.15, 0.2) is 0 Å². The first-order chi connectivity index (χ1) is 7.54. The molecule has 0 bridgehead atoms. The number of hydrogen-bond donors (Lipinski definition) is 1. The van der Waals surface area contributed by atoms with Crippen molar-refractivity contribution in [2.45, 2.75) is 39.7 Å². The molecule has 1 rings (SSSR count). The molecule has 0 aliphatic carbocycles. The third-order valence-electron chi connectivity index (χ3n) is 4.17. The first-order valence-electron chi connectivity index (χ1n) is 6.58. The molecule has 0 spiro atoms. The standard InChI is InChI=1S/C13H28N2O/c1-5-12-9-15(8-7-14(12)4)10-13(3,6-2)11-16/h12,16H,5-11H2,1-4H3. The maximum atomic E-state index is 9.45. The number of piperazine rings is 1. The van der Waals surface area contributed by atoms with E-state index in [4.69, 9.17) is 0 Å². The zero-order chi connectivity index (χ0) is 12.2. The molecule has 0 aromatic heterocycles. The zero-order valence-electron chi connectivity index (χ0n) is 11.4. The number of likely N-dealkylation sites (N-methyl/N-ethyl adjacent to an activating group) is 1. The molecule has 0 radical (unpaired) electrons. The summed E-state index contributed by atoms with van der Waals surface area (Å²) in [6.45, 7) is 11.4. The van der Waals surface area contributed by atoms with Gasteiger partial charge >= 0.3 is 0 Å². The minimum Gasteiger partial charge on any atom is -0.396 e. The summed E-state index contributed by atoms with van der Waals surface area (Å²) in [4.78, 5) is 4.98. The summed E-state index contributed by atoms with van der Waals surface area (Å²) in [7, 11) is 2.22. The normalized spacial score (nSPS) is 27.9. The van der Waals surface area contributed by atoms with Gasteiger partial charge in [0.25, 0.3) is 0 Å². The number of aliphatic hydroxyl groups excluding tert-OH is 1. The van der Waals surface area contributed by atoms with Crippen molar-refractivity contribution in [1.82, 2.24) is 9.80 Å². The van der Waals surface area contributed by atoms with Gasteiger partial charge in [0.1, 0.15) is 0 Å². The van der Waals surface area contributed by atoms with Crippen molar-refractivity contribution < 1.29 is 5.11 Å². The highest BCUT2D eigenvalue weighted by Gasteiger charge is 2.29. The molecule has 2 unspecified atom stereocenters. The van der Waals surface area contributed by atoms with E-state index in [2.05, 4.69) is 37.6 Å². The Morgan fingerprint density at radius 1 is 1.31 bits per heavy atom. The highest BCUT2D eigenvalue weighted by atomic mass is 16.3. The van der Waals surface area contributed by atoms with E-state index in [1.54, 1.807) is 0 Å². The Morgan fingerprint density at radius 3 is 2.50 bits per heavy atom. The van der Waals surface area contributed by atoms with Crippen molar-refractivity contribution >= 4 is 0 Å². The van der Waals surface area contributed by atoms with Crippen molar-refractivity contribution in [3.8, 4) is 0 Å². The summed E-state index contributed by atoms with van der Waals surface area (Å²) in [5, 5.41) is 9.45. The second-order valence-corrected chi connectivity index (χ2v) is 5.60. The van der Waals surface area contributed by atoms with Crippen LogP contribution in [0.2, 0.25) is 0 Å². The van der Waals surface area contributed by atoms with Crippen LogP contribution in [0.5, 0.6) is 0 Å². The van der Waals surface area contributed by atoms with Crippen molar-refractivity contribution in [2.75, 3.05) is 39.8 Å². The average molecular weight is 228 g/mol. The number of nitrogens with zero attached hydrogens (tertiary/aromatic N) is 2. The van der Waals surface area contributed by atoms with E-state index in [1.165, 1.54) is 6.42 Å². The molecule has 3 heteroatoms. The molecule has 16 heavy (non-hydrogen) atoms. The predicted octanol–water partition coefficient (Wildman–Crippen LogP) is 1.42. The molecule has 2 atom stereocenters. The van der Waals surface area contributed by atoms with Crippen LogP contribution < -0.4 is 0 Å². The average Bonchev–Trinajstić information content (AvgIpc) is 2.31. The summed E-state index contributed by atoms with van der Waals surface area (Å²) in [6, 6.07) is 0.688. The van der Waals surface area contributed by atoms with Crippen molar-refractivity contribution in [1.29, 1.82) is 0 Å². The van der Waals surface area contributed by atoms with Gasteiger partial charge in [-0.05, 0) is 19.9 Å². The minimum atomic E-state index is 0.0776. The maximum Gasteiger partial charge on any atom is 0.0496 e. The van der Waals surface area contributed by atoms with Crippen LogP contribution in [0, 0.1) is 5.41 Å². The molecule has 1 N–H and O–H groups in total. The molecule has 1 aliphatic rings. The van der Waals surface area contributed by atoms with Gasteiger partial charge in [0.2, 0.25) is 0 Å². The van der Waals surface area contributed by atoms with E-state index in [-0.39, 0.29) is 5.41 Å². The van der Waals surface area contributed by atoms with Gasteiger partial charge in [-0.25, -0.2) is 0 Å². The lowest BCUT2D eigenvalue weighted by atomic mass is 9.87. The van der Waals surface area contributed by atoms with Crippen LogP contribution in [0.4, 0.5) is 0 Å². The first-order valence-corrected chi connectivity index (χ1v) is 6.58. The Labute approximate surface area is 100 Å². The van der Waals surface area contributed by atoms with Crippen molar-refractivity contribution in [2.24, 2.45) is 5.41 Å². The number of aliphatic hydroxyl groups is 1. The van der Waals surface area contributed by atoms with E-state index in [1.807, 2.05) is 0 Å². The van der Waals surface area contributed by atoms with E-state index in [0.29, 0.717) is 12.6 Å². The largest absolute Gasteiger partial charge is 0.396 e. The smallest absolute Gasteiger partial charge is 0.0496 e. The molecule has 96 valence electrons. The Kier molecular flexibility index (Phi) is 5.22. The Balaban J connectivity index is 2.49. The Bertz CT molecular complexity index is 204. The minimum absolute atomic E-state index is 0.0776. The molecule has 1 aliphatic heterocycles. The lowest BCUT2D eigenvalue weighted by Gasteiger charge is -2.42. The van der Waals surface area contributed by atoms with Crippen LogP contribution in [0.3, 0.4) is 0 Å². The molecular weight excluding hydrogens is 200 g/mol. The third kappa shape index (κ3) is 3.44. The van der Waals surface area contributed by atoms with Crippen LogP contribution >= 0.6 is 0 Å². The molecule has 3 nitrogen and oxygen atoms in total. The second kappa shape index (κ2) is 5.99. The van der Waals surface area contributed by atoms with Gasteiger partial charge in [0, 0.05) is 44.2 Å². The Hall–Kier alpha value is -0.120. The molecular formula is C13H28N2O. The predicted molar refractivity (Wildman–Crippen MR) is 68.6 cm³/mol. The van der Waals surface area contributed by atoms with Crippen LogP contribution in [-0.4, -0.2) is 60.8 Å². The molecule has 0 aromatic rings. The first kappa shape index (κ1) is 13.9. The highest BCUT2D eigenvalue weighted by molar-refractivity contribution is 4.83. The fourth-order valence-electron chi connectivity index (χ4n) is 2.41. The molecule has 0 amide bonds. The summed E-state index contributed by atoms with van der Waals surface area (Å²) in [5.41, 5.74) is 0.0776. The fraction of sp³-hybridized carbons (Fsp3) is 1.00. The van der Waals surface area contributed by atoms with Gasteiger partial charge in [-0.1, -0.05) is 20.8 Å². The van der Waals surface area contributed by atoms with Gasteiger partial charge in [0.05, 0.1) is 0 Å². The molecule has 1 fully saturated rings. The van der Waals surface area contributed by atoms with E-state index >= 15 is 0 Å². The van der Waals surface area contributed by atoms with Gasteiger partial charge in [-0.2, -0.15) is 0 Å². The van der Waals surface area contributed by atoms with Crippen LogP contribution in [-0.2, 0) is 0 Å². The fourth-order valence-corrected chi connectivity index (χ4v) is 2.41.